The molecule has 136 valence electrons. The number of nitrogens with zero attached hydrogens (tertiary/aromatic N) is 1. The van der Waals surface area contributed by atoms with Crippen molar-refractivity contribution in [1.29, 1.82) is 0 Å². The highest BCUT2D eigenvalue weighted by atomic mass is 16.2. The Hall–Kier alpha value is -3.67. The maximum Gasteiger partial charge on any atom is 0.255 e. The molecule has 3 N–H and O–H groups in total. The minimum atomic E-state index is -0.229. The zero-order valence-electron chi connectivity index (χ0n) is 14.9. The van der Waals surface area contributed by atoms with E-state index in [1.807, 2.05) is 30.3 Å². The van der Waals surface area contributed by atoms with Gasteiger partial charge in [-0.15, -0.1) is 0 Å². The molecule has 0 saturated heterocycles. The molecule has 3 aromatic rings. The van der Waals surface area contributed by atoms with E-state index in [0.29, 0.717) is 29.3 Å². The number of hydrogen-bond acceptors (Lipinski definition) is 4. The smallest absolute Gasteiger partial charge is 0.255 e. The first-order valence-electron chi connectivity index (χ1n) is 8.53. The molecule has 0 aliphatic heterocycles. The van der Waals surface area contributed by atoms with Crippen molar-refractivity contribution in [1.82, 2.24) is 4.98 Å². The summed E-state index contributed by atoms with van der Waals surface area (Å²) in [7, 11) is 0. The Morgan fingerprint density at radius 3 is 2.22 bits per heavy atom. The largest absolute Gasteiger partial charge is 0.366 e. The molecule has 6 nitrogen and oxygen atoms in total. The Bertz CT molecular complexity index is 924. The van der Waals surface area contributed by atoms with Crippen molar-refractivity contribution in [2.75, 3.05) is 16.0 Å². The van der Waals surface area contributed by atoms with Crippen LogP contribution < -0.4 is 16.0 Å². The van der Waals surface area contributed by atoms with Gasteiger partial charge in [-0.05, 0) is 42.0 Å². The van der Waals surface area contributed by atoms with Crippen LogP contribution >= 0.6 is 0 Å². The number of carbonyl (C=O) groups is 2. The van der Waals surface area contributed by atoms with Gasteiger partial charge in [0.15, 0.2) is 0 Å². The van der Waals surface area contributed by atoms with E-state index < -0.39 is 0 Å². The Kier molecular flexibility index (Phi) is 5.79. The topological polar surface area (TPSA) is 83.1 Å². The van der Waals surface area contributed by atoms with E-state index in [-0.39, 0.29) is 11.8 Å². The second-order valence-corrected chi connectivity index (χ2v) is 5.98. The van der Waals surface area contributed by atoms with Crippen LogP contribution in [-0.4, -0.2) is 16.8 Å². The first kappa shape index (κ1) is 18.1. The number of pyridine rings is 1. The average molecular weight is 360 g/mol. The summed E-state index contributed by atoms with van der Waals surface area (Å²) in [5, 5.41) is 8.73. The molecular formula is C21H20N4O2. The van der Waals surface area contributed by atoms with Gasteiger partial charge < -0.3 is 16.0 Å². The number of amides is 2. The molecule has 0 unspecified atom stereocenters. The van der Waals surface area contributed by atoms with Crippen molar-refractivity contribution in [2.45, 2.75) is 13.5 Å². The van der Waals surface area contributed by atoms with Crippen molar-refractivity contribution in [3.05, 3.63) is 84.1 Å². The van der Waals surface area contributed by atoms with Crippen LogP contribution in [-0.2, 0) is 11.3 Å². The Labute approximate surface area is 157 Å². The first-order chi connectivity index (χ1) is 13.1. The predicted molar refractivity (Wildman–Crippen MR) is 107 cm³/mol. The first-order valence-corrected chi connectivity index (χ1v) is 8.53. The van der Waals surface area contributed by atoms with E-state index in [2.05, 4.69) is 20.9 Å². The number of carbonyl (C=O) groups excluding carboxylic acids is 2. The maximum atomic E-state index is 12.5. The fraction of sp³-hybridized carbons (Fsp3) is 0.0952. The molecule has 0 radical (unpaired) electrons. The summed E-state index contributed by atoms with van der Waals surface area (Å²) in [4.78, 5) is 27.8. The van der Waals surface area contributed by atoms with Crippen molar-refractivity contribution >= 4 is 29.0 Å². The van der Waals surface area contributed by atoms with E-state index in [1.165, 1.54) is 6.92 Å². The van der Waals surface area contributed by atoms with Crippen LogP contribution in [0.1, 0.15) is 22.8 Å². The Morgan fingerprint density at radius 1 is 0.889 bits per heavy atom. The Balaban J connectivity index is 1.62. The highest BCUT2D eigenvalue weighted by Gasteiger charge is 2.08. The zero-order chi connectivity index (χ0) is 19.1. The molecule has 0 aliphatic rings. The SMILES string of the molecule is CC(=O)Nc1ccc(NC(=O)c2ccnc(NCc3ccccc3)c2)cc1. The van der Waals surface area contributed by atoms with E-state index in [1.54, 1.807) is 42.6 Å². The third-order valence-electron chi connectivity index (χ3n) is 3.80. The van der Waals surface area contributed by atoms with Gasteiger partial charge in [-0.1, -0.05) is 30.3 Å². The molecule has 27 heavy (non-hydrogen) atoms. The number of anilines is 3. The highest BCUT2D eigenvalue weighted by molar-refractivity contribution is 6.04. The third kappa shape index (κ3) is 5.40. The van der Waals surface area contributed by atoms with Gasteiger partial charge in [-0.2, -0.15) is 0 Å². The van der Waals surface area contributed by atoms with Gasteiger partial charge in [0, 0.05) is 36.6 Å². The molecular weight excluding hydrogens is 340 g/mol. The molecule has 2 aromatic carbocycles. The summed E-state index contributed by atoms with van der Waals surface area (Å²) in [6, 6.07) is 20.3. The number of aromatic nitrogens is 1. The van der Waals surface area contributed by atoms with Gasteiger partial charge in [0.2, 0.25) is 5.91 Å². The number of rotatable bonds is 6. The van der Waals surface area contributed by atoms with E-state index >= 15 is 0 Å². The quantitative estimate of drug-likeness (QED) is 0.622. The zero-order valence-corrected chi connectivity index (χ0v) is 14.9. The lowest BCUT2D eigenvalue weighted by Crippen LogP contribution is -2.13. The average Bonchev–Trinajstić information content (AvgIpc) is 2.68. The summed E-state index contributed by atoms with van der Waals surface area (Å²) in [5.74, 6) is 0.263. The summed E-state index contributed by atoms with van der Waals surface area (Å²) in [6.07, 6.45) is 1.60. The molecule has 6 heteroatoms. The lowest BCUT2D eigenvalue weighted by Gasteiger charge is -2.09. The molecule has 0 saturated carbocycles. The summed E-state index contributed by atoms with van der Waals surface area (Å²) >= 11 is 0. The Morgan fingerprint density at radius 2 is 1.56 bits per heavy atom. The van der Waals surface area contributed by atoms with Gasteiger partial charge in [0.25, 0.3) is 5.91 Å². The van der Waals surface area contributed by atoms with Crippen molar-refractivity contribution in [3.8, 4) is 0 Å². The van der Waals surface area contributed by atoms with Crippen LogP contribution in [0.15, 0.2) is 72.9 Å². The van der Waals surface area contributed by atoms with Crippen molar-refractivity contribution in [3.63, 3.8) is 0 Å². The molecule has 1 aromatic heterocycles. The lowest BCUT2D eigenvalue weighted by atomic mass is 10.2. The monoisotopic (exact) mass is 360 g/mol. The maximum absolute atomic E-state index is 12.5. The third-order valence-corrected chi connectivity index (χ3v) is 3.80. The van der Waals surface area contributed by atoms with Crippen LogP contribution in [0.25, 0.3) is 0 Å². The lowest BCUT2D eigenvalue weighted by molar-refractivity contribution is -0.114. The molecule has 0 spiro atoms. The predicted octanol–water partition coefficient (Wildman–Crippen LogP) is 3.90. The molecule has 0 atom stereocenters. The molecule has 3 rings (SSSR count). The van der Waals surface area contributed by atoms with Crippen LogP contribution in [0.2, 0.25) is 0 Å². The fourth-order valence-corrected chi connectivity index (χ4v) is 2.50. The minimum absolute atomic E-state index is 0.140. The fourth-order valence-electron chi connectivity index (χ4n) is 2.50. The summed E-state index contributed by atoms with van der Waals surface area (Å²) in [5.41, 5.74) is 2.96. The van der Waals surface area contributed by atoms with E-state index in [9.17, 15) is 9.59 Å². The van der Waals surface area contributed by atoms with Gasteiger partial charge in [0.05, 0.1) is 0 Å². The molecule has 0 aliphatic carbocycles. The second kappa shape index (κ2) is 8.62. The number of nitrogens with one attached hydrogen (secondary N) is 3. The number of hydrogen-bond donors (Lipinski definition) is 3. The number of benzene rings is 2. The molecule has 1 heterocycles. The van der Waals surface area contributed by atoms with Gasteiger partial charge in [-0.3, -0.25) is 9.59 Å². The van der Waals surface area contributed by atoms with Gasteiger partial charge >= 0.3 is 0 Å². The summed E-state index contributed by atoms with van der Waals surface area (Å²) < 4.78 is 0. The van der Waals surface area contributed by atoms with Crippen LogP contribution in [0.4, 0.5) is 17.2 Å². The van der Waals surface area contributed by atoms with Crippen LogP contribution in [0, 0.1) is 0 Å². The normalized spacial score (nSPS) is 10.1. The van der Waals surface area contributed by atoms with Crippen molar-refractivity contribution < 1.29 is 9.59 Å². The van der Waals surface area contributed by atoms with Crippen molar-refractivity contribution in [2.24, 2.45) is 0 Å². The molecule has 2 amide bonds. The second-order valence-electron chi connectivity index (χ2n) is 5.98. The van der Waals surface area contributed by atoms with E-state index in [4.69, 9.17) is 0 Å². The van der Waals surface area contributed by atoms with Gasteiger partial charge in [0.1, 0.15) is 5.82 Å². The standard InChI is InChI=1S/C21H20N4O2/c1-15(26)24-18-7-9-19(10-8-18)25-21(27)17-11-12-22-20(13-17)23-14-16-5-3-2-4-6-16/h2-13H,14H2,1H3,(H,22,23)(H,24,26)(H,25,27). The van der Waals surface area contributed by atoms with Crippen LogP contribution in [0.3, 0.4) is 0 Å². The molecule has 0 bridgehead atoms. The van der Waals surface area contributed by atoms with E-state index in [0.717, 1.165) is 5.56 Å². The van der Waals surface area contributed by atoms with Gasteiger partial charge in [-0.25, -0.2) is 4.98 Å². The summed E-state index contributed by atoms with van der Waals surface area (Å²) in [6.45, 7) is 2.08. The molecule has 0 fully saturated rings. The minimum Gasteiger partial charge on any atom is -0.366 e. The highest BCUT2D eigenvalue weighted by Crippen LogP contribution is 2.16. The van der Waals surface area contributed by atoms with Crippen LogP contribution in [0.5, 0.6) is 0 Å².